The van der Waals surface area contributed by atoms with Crippen molar-refractivity contribution in [2.24, 2.45) is 5.92 Å². The summed E-state index contributed by atoms with van der Waals surface area (Å²) in [5.41, 5.74) is 0.272. The van der Waals surface area contributed by atoms with Crippen LogP contribution in [0.4, 0.5) is 4.39 Å². The zero-order valence-corrected chi connectivity index (χ0v) is 10.9. The number of nitrogens with one attached hydrogen (secondary N) is 1. The summed E-state index contributed by atoms with van der Waals surface area (Å²) >= 11 is 3.60. The van der Waals surface area contributed by atoms with Gasteiger partial charge in [0.15, 0.2) is 0 Å². The first-order chi connectivity index (χ1) is 8.16. The van der Waals surface area contributed by atoms with Crippen molar-refractivity contribution in [1.29, 1.82) is 0 Å². The molecule has 1 fully saturated rings. The van der Waals surface area contributed by atoms with Crippen LogP contribution in [0.1, 0.15) is 29.6 Å². The van der Waals surface area contributed by atoms with E-state index < -0.39 is 5.82 Å². The summed E-state index contributed by atoms with van der Waals surface area (Å²) in [5.74, 6) is -0.277. The first kappa shape index (κ1) is 12.5. The molecule has 2 rings (SSSR count). The molecule has 17 heavy (non-hydrogen) atoms. The molecule has 0 aliphatic heterocycles. The molecule has 1 N–H and O–H groups in total. The van der Waals surface area contributed by atoms with E-state index in [-0.39, 0.29) is 11.5 Å². The van der Waals surface area contributed by atoms with Crippen molar-refractivity contribution in [2.45, 2.75) is 24.1 Å². The molecule has 0 radical (unpaired) electrons. The molecule has 0 bridgehead atoms. The summed E-state index contributed by atoms with van der Waals surface area (Å²) < 4.78 is 12.9. The predicted octanol–water partition coefficient (Wildman–Crippen LogP) is 2.51. The van der Waals surface area contributed by atoms with E-state index in [2.05, 4.69) is 26.2 Å². The van der Waals surface area contributed by atoms with Crippen molar-refractivity contribution in [1.82, 2.24) is 10.3 Å². The summed E-state index contributed by atoms with van der Waals surface area (Å²) in [4.78, 5) is 15.9. The van der Waals surface area contributed by atoms with Gasteiger partial charge in [-0.05, 0) is 24.8 Å². The molecule has 0 spiro atoms. The number of nitrogens with zero attached hydrogens (tertiary/aromatic N) is 1. The highest BCUT2D eigenvalue weighted by atomic mass is 79.9. The quantitative estimate of drug-likeness (QED) is 0.872. The van der Waals surface area contributed by atoms with Crippen LogP contribution in [0.2, 0.25) is 0 Å². The van der Waals surface area contributed by atoms with E-state index in [0.29, 0.717) is 17.3 Å². The van der Waals surface area contributed by atoms with Crippen LogP contribution in [0.3, 0.4) is 0 Å². The van der Waals surface area contributed by atoms with Crippen LogP contribution < -0.4 is 5.32 Å². The Kier molecular flexibility index (Phi) is 4.10. The van der Waals surface area contributed by atoms with Crippen molar-refractivity contribution in [3.8, 4) is 0 Å². The van der Waals surface area contributed by atoms with Crippen LogP contribution in [0.25, 0.3) is 0 Å². The van der Waals surface area contributed by atoms with Gasteiger partial charge in [0.1, 0.15) is 5.82 Å². The minimum Gasteiger partial charge on any atom is -0.352 e. The maximum Gasteiger partial charge on any atom is 0.252 e. The lowest BCUT2D eigenvalue weighted by Crippen LogP contribution is -2.31. The summed E-state index contributed by atoms with van der Waals surface area (Å²) in [6, 6.07) is 1.20. The maximum absolute atomic E-state index is 12.9. The summed E-state index contributed by atoms with van der Waals surface area (Å²) in [6.07, 6.45) is 5.93. The molecule has 1 aromatic rings. The molecule has 2 unspecified atom stereocenters. The maximum atomic E-state index is 12.9. The number of halogens is 2. The van der Waals surface area contributed by atoms with Gasteiger partial charge in [0.05, 0.1) is 11.8 Å². The van der Waals surface area contributed by atoms with E-state index in [1.54, 1.807) is 0 Å². The predicted molar refractivity (Wildman–Crippen MR) is 66.6 cm³/mol. The smallest absolute Gasteiger partial charge is 0.252 e. The number of hydrogen-bond acceptors (Lipinski definition) is 2. The topological polar surface area (TPSA) is 42.0 Å². The molecule has 1 amide bonds. The number of carbonyl (C=O) groups excluding carboxylic acids is 1. The van der Waals surface area contributed by atoms with E-state index >= 15 is 0 Å². The largest absolute Gasteiger partial charge is 0.352 e. The van der Waals surface area contributed by atoms with Crippen LogP contribution in [0.15, 0.2) is 18.5 Å². The van der Waals surface area contributed by atoms with E-state index in [9.17, 15) is 9.18 Å². The first-order valence-electron chi connectivity index (χ1n) is 5.69. The zero-order valence-electron chi connectivity index (χ0n) is 9.33. The number of hydrogen-bond donors (Lipinski definition) is 1. The van der Waals surface area contributed by atoms with Crippen LogP contribution in [0, 0.1) is 11.7 Å². The SMILES string of the molecule is O=C(NCC1CCCC1Br)c1cncc(F)c1. The average Bonchev–Trinajstić information content (AvgIpc) is 2.72. The van der Waals surface area contributed by atoms with Crippen LogP contribution in [0.5, 0.6) is 0 Å². The normalized spacial score (nSPS) is 23.6. The van der Waals surface area contributed by atoms with Gasteiger partial charge in [0, 0.05) is 17.6 Å². The van der Waals surface area contributed by atoms with Gasteiger partial charge in [-0.15, -0.1) is 0 Å². The van der Waals surface area contributed by atoms with Crippen molar-refractivity contribution < 1.29 is 9.18 Å². The van der Waals surface area contributed by atoms with Gasteiger partial charge in [0.2, 0.25) is 0 Å². The molecule has 1 aliphatic carbocycles. The lowest BCUT2D eigenvalue weighted by molar-refractivity contribution is 0.0947. The standard InChI is InChI=1S/C12H14BrFN2O/c13-11-3-1-2-8(11)6-16-12(17)9-4-10(14)7-15-5-9/h4-5,7-8,11H,1-3,6H2,(H,16,17). The highest BCUT2D eigenvalue weighted by molar-refractivity contribution is 9.09. The molecular weight excluding hydrogens is 287 g/mol. The molecule has 2 atom stereocenters. The molecule has 0 aromatic carbocycles. The summed E-state index contributed by atoms with van der Waals surface area (Å²) in [5, 5.41) is 2.82. The van der Waals surface area contributed by atoms with Crippen LogP contribution in [-0.2, 0) is 0 Å². The van der Waals surface area contributed by atoms with E-state index in [4.69, 9.17) is 0 Å². The van der Waals surface area contributed by atoms with E-state index in [1.807, 2.05) is 0 Å². The van der Waals surface area contributed by atoms with Gasteiger partial charge in [0.25, 0.3) is 5.91 Å². The number of aromatic nitrogens is 1. The number of alkyl halides is 1. The Hall–Kier alpha value is -0.970. The number of pyridine rings is 1. The Labute approximate surface area is 108 Å². The minimum absolute atomic E-state index is 0.261. The van der Waals surface area contributed by atoms with Gasteiger partial charge in [-0.25, -0.2) is 4.39 Å². The molecule has 5 heteroatoms. The number of rotatable bonds is 3. The highest BCUT2D eigenvalue weighted by Gasteiger charge is 2.25. The molecule has 0 saturated heterocycles. The second kappa shape index (κ2) is 5.58. The molecule has 92 valence electrons. The minimum atomic E-state index is -0.489. The lowest BCUT2D eigenvalue weighted by atomic mass is 10.1. The van der Waals surface area contributed by atoms with Crippen LogP contribution >= 0.6 is 15.9 Å². The Morgan fingerprint density at radius 2 is 2.35 bits per heavy atom. The molecule has 1 aliphatic rings. The zero-order chi connectivity index (χ0) is 12.3. The van der Waals surface area contributed by atoms with E-state index in [1.165, 1.54) is 18.7 Å². The van der Waals surface area contributed by atoms with Gasteiger partial charge in [-0.2, -0.15) is 0 Å². The lowest BCUT2D eigenvalue weighted by Gasteiger charge is -2.14. The number of amides is 1. The third kappa shape index (κ3) is 3.25. The molecule has 1 aromatic heterocycles. The Morgan fingerprint density at radius 3 is 3.00 bits per heavy atom. The van der Waals surface area contributed by atoms with Gasteiger partial charge in [-0.1, -0.05) is 22.4 Å². The summed E-state index contributed by atoms with van der Waals surface area (Å²) in [6.45, 7) is 0.630. The highest BCUT2D eigenvalue weighted by Crippen LogP contribution is 2.30. The van der Waals surface area contributed by atoms with Gasteiger partial charge >= 0.3 is 0 Å². The fourth-order valence-electron chi connectivity index (χ4n) is 2.08. The number of carbonyl (C=O) groups is 1. The second-order valence-corrected chi connectivity index (χ2v) is 5.48. The monoisotopic (exact) mass is 300 g/mol. The summed E-state index contributed by atoms with van der Waals surface area (Å²) in [7, 11) is 0. The van der Waals surface area contributed by atoms with Crippen molar-refractivity contribution in [3.05, 3.63) is 29.8 Å². The molecule has 1 saturated carbocycles. The second-order valence-electron chi connectivity index (χ2n) is 4.31. The third-order valence-corrected chi connectivity index (χ3v) is 4.26. The Bertz CT molecular complexity index is 413. The van der Waals surface area contributed by atoms with E-state index in [0.717, 1.165) is 19.0 Å². The van der Waals surface area contributed by atoms with Gasteiger partial charge < -0.3 is 5.32 Å². The first-order valence-corrected chi connectivity index (χ1v) is 6.61. The molecule has 3 nitrogen and oxygen atoms in total. The van der Waals surface area contributed by atoms with Gasteiger partial charge in [-0.3, -0.25) is 9.78 Å². The van der Waals surface area contributed by atoms with Crippen LogP contribution in [-0.4, -0.2) is 22.3 Å². The average molecular weight is 301 g/mol. The Balaban J connectivity index is 1.89. The fourth-order valence-corrected chi connectivity index (χ4v) is 2.86. The van der Waals surface area contributed by atoms with Crippen molar-refractivity contribution >= 4 is 21.8 Å². The van der Waals surface area contributed by atoms with Crippen molar-refractivity contribution in [3.63, 3.8) is 0 Å². The van der Waals surface area contributed by atoms with Crippen molar-refractivity contribution in [2.75, 3.05) is 6.54 Å². The Morgan fingerprint density at radius 1 is 1.53 bits per heavy atom. The fraction of sp³-hybridized carbons (Fsp3) is 0.500. The molecular formula is C12H14BrFN2O. The molecule has 1 heterocycles. The third-order valence-electron chi connectivity index (χ3n) is 3.06.